The van der Waals surface area contributed by atoms with E-state index in [0.717, 1.165) is 5.56 Å². The molecule has 0 aliphatic carbocycles. The Morgan fingerprint density at radius 1 is 1.10 bits per heavy atom. The molecule has 0 radical (unpaired) electrons. The summed E-state index contributed by atoms with van der Waals surface area (Å²) in [6.07, 6.45) is 1.82. The summed E-state index contributed by atoms with van der Waals surface area (Å²) in [4.78, 5) is 70.6. The predicted octanol–water partition coefficient (Wildman–Crippen LogP) is -0.101. The first-order valence-corrected chi connectivity index (χ1v) is 14.8. The number of likely N-dealkylation sites (tertiary alicyclic amines) is 2. The SMILES string of the molecule is CCN(C)C(=O)C1CCCN1C(=O)C(COC(=O)C1CC(C)CN1C(=O)C(C)NC)NC(=O)C(N)Cc1ccccc1. The number of benzene rings is 1. The van der Waals surface area contributed by atoms with Crippen LogP contribution in [0.5, 0.6) is 0 Å². The molecule has 6 unspecified atom stereocenters. The minimum atomic E-state index is -1.25. The van der Waals surface area contributed by atoms with E-state index >= 15 is 0 Å². The van der Waals surface area contributed by atoms with Crippen LogP contribution in [0.15, 0.2) is 30.3 Å². The Morgan fingerprint density at radius 2 is 1.79 bits per heavy atom. The number of carbonyl (C=O) groups is 5. The van der Waals surface area contributed by atoms with Crippen LogP contribution in [0.3, 0.4) is 0 Å². The van der Waals surface area contributed by atoms with Crippen LogP contribution in [0, 0.1) is 5.92 Å². The van der Waals surface area contributed by atoms with Gasteiger partial charge in [-0.2, -0.15) is 0 Å². The fraction of sp³-hybridized carbons (Fsp3) is 0.633. The molecular weight excluding hydrogens is 540 g/mol. The van der Waals surface area contributed by atoms with Crippen molar-refractivity contribution in [1.29, 1.82) is 0 Å². The van der Waals surface area contributed by atoms with Gasteiger partial charge in [-0.1, -0.05) is 37.3 Å². The van der Waals surface area contributed by atoms with E-state index in [2.05, 4.69) is 10.6 Å². The quantitative estimate of drug-likeness (QED) is 0.287. The lowest BCUT2D eigenvalue weighted by atomic mass is 10.1. The molecule has 2 saturated heterocycles. The van der Waals surface area contributed by atoms with Crippen LogP contribution in [-0.2, 0) is 35.1 Å². The number of esters is 1. The highest BCUT2D eigenvalue weighted by molar-refractivity contribution is 5.94. The van der Waals surface area contributed by atoms with Gasteiger partial charge in [0.05, 0.1) is 12.1 Å². The van der Waals surface area contributed by atoms with Gasteiger partial charge in [0.15, 0.2) is 0 Å². The first kappa shape index (κ1) is 33.0. The summed E-state index contributed by atoms with van der Waals surface area (Å²) >= 11 is 0. The van der Waals surface area contributed by atoms with Crippen molar-refractivity contribution in [2.24, 2.45) is 11.7 Å². The highest BCUT2D eigenvalue weighted by Crippen LogP contribution is 2.25. The van der Waals surface area contributed by atoms with Crippen molar-refractivity contribution in [3.8, 4) is 0 Å². The molecule has 0 aromatic heterocycles. The van der Waals surface area contributed by atoms with Crippen molar-refractivity contribution in [1.82, 2.24) is 25.3 Å². The average Bonchev–Trinajstić information content (AvgIpc) is 3.64. The van der Waals surface area contributed by atoms with Gasteiger partial charge in [0.1, 0.15) is 24.7 Å². The zero-order valence-corrected chi connectivity index (χ0v) is 25.4. The fourth-order valence-corrected chi connectivity index (χ4v) is 5.46. The first-order chi connectivity index (χ1) is 20.0. The van der Waals surface area contributed by atoms with Gasteiger partial charge in [0.2, 0.25) is 23.6 Å². The van der Waals surface area contributed by atoms with Gasteiger partial charge in [-0.15, -0.1) is 0 Å². The Hall–Kier alpha value is -3.51. The standard InChI is InChI=1S/C30H46N6O6/c1-6-34(5)29(40)24-13-10-14-35(24)28(39)23(33-26(37)22(31)16-21-11-8-7-9-12-21)18-42-30(41)25-15-19(2)17-36(25)27(38)20(3)32-4/h7-9,11-12,19-20,22-25,32H,6,10,13-18,31H2,1-5H3,(H,33,37). The second kappa shape index (κ2) is 15.1. The molecule has 2 aliphatic heterocycles. The molecule has 1 aromatic carbocycles. The normalized spacial score (nSPS) is 22.3. The van der Waals surface area contributed by atoms with Gasteiger partial charge in [0, 0.05) is 26.7 Å². The molecule has 42 heavy (non-hydrogen) atoms. The van der Waals surface area contributed by atoms with E-state index in [4.69, 9.17) is 10.5 Å². The van der Waals surface area contributed by atoms with Gasteiger partial charge >= 0.3 is 5.97 Å². The van der Waals surface area contributed by atoms with E-state index in [0.29, 0.717) is 38.9 Å². The number of nitrogens with zero attached hydrogens (tertiary/aromatic N) is 3. The van der Waals surface area contributed by atoms with Gasteiger partial charge in [-0.25, -0.2) is 4.79 Å². The molecule has 0 saturated carbocycles. The molecular formula is C30H46N6O6. The van der Waals surface area contributed by atoms with Crippen LogP contribution in [0.4, 0.5) is 0 Å². The molecule has 2 heterocycles. The summed E-state index contributed by atoms with van der Waals surface area (Å²) in [6, 6.07) is 5.13. The number of ether oxygens (including phenoxy) is 1. The number of amides is 4. The lowest BCUT2D eigenvalue weighted by Crippen LogP contribution is -2.58. The van der Waals surface area contributed by atoms with Crippen LogP contribution in [0.2, 0.25) is 0 Å². The van der Waals surface area contributed by atoms with Crippen molar-refractivity contribution in [3.05, 3.63) is 35.9 Å². The Kier molecular flexibility index (Phi) is 11.9. The number of nitrogens with one attached hydrogen (secondary N) is 2. The molecule has 1 aromatic rings. The summed E-state index contributed by atoms with van der Waals surface area (Å²) in [5.41, 5.74) is 7.05. The fourth-order valence-electron chi connectivity index (χ4n) is 5.46. The van der Waals surface area contributed by atoms with E-state index in [1.165, 1.54) is 9.80 Å². The molecule has 12 heteroatoms. The minimum Gasteiger partial charge on any atom is -0.461 e. The Balaban J connectivity index is 1.77. The second-order valence-corrected chi connectivity index (χ2v) is 11.4. The zero-order valence-electron chi connectivity index (χ0n) is 25.4. The topological polar surface area (TPSA) is 154 Å². The van der Waals surface area contributed by atoms with Gasteiger partial charge in [-0.05, 0) is 58.1 Å². The van der Waals surface area contributed by atoms with Gasteiger partial charge in [0.25, 0.3) is 0 Å². The molecule has 0 bridgehead atoms. The van der Waals surface area contributed by atoms with Gasteiger partial charge in [-0.3, -0.25) is 19.2 Å². The summed E-state index contributed by atoms with van der Waals surface area (Å²) in [5.74, 6) is -2.03. The summed E-state index contributed by atoms with van der Waals surface area (Å²) in [6.45, 7) is 6.33. The molecule has 0 spiro atoms. The second-order valence-electron chi connectivity index (χ2n) is 11.4. The molecule has 3 rings (SSSR count). The third-order valence-electron chi connectivity index (χ3n) is 8.18. The van der Waals surface area contributed by atoms with Gasteiger partial charge < -0.3 is 35.8 Å². The van der Waals surface area contributed by atoms with E-state index in [-0.39, 0.29) is 24.2 Å². The number of carbonyl (C=O) groups excluding carboxylic acids is 5. The van der Waals surface area contributed by atoms with Crippen LogP contribution >= 0.6 is 0 Å². The Labute approximate surface area is 248 Å². The number of hydrogen-bond donors (Lipinski definition) is 3. The molecule has 12 nitrogen and oxygen atoms in total. The lowest BCUT2D eigenvalue weighted by Gasteiger charge is -2.31. The maximum absolute atomic E-state index is 13.8. The number of nitrogens with two attached hydrogens (primary N) is 1. The summed E-state index contributed by atoms with van der Waals surface area (Å²) in [7, 11) is 3.35. The van der Waals surface area contributed by atoms with E-state index in [9.17, 15) is 24.0 Å². The van der Waals surface area contributed by atoms with Crippen molar-refractivity contribution in [3.63, 3.8) is 0 Å². The third-order valence-corrected chi connectivity index (χ3v) is 8.18. The Bertz CT molecular complexity index is 1120. The van der Waals surface area contributed by atoms with E-state index in [1.54, 1.807) is 25.9 Å². The first-order valence-electron chi connectivity index (χ1n) is 14.8. The monoisotopic (exact) mass is 586 g/mol. The Morgan fingerprint density at radius 3 is 2.43 bits per heavy atom. The maximum Gasteiger partial charge on any atom is 0.328 e. The van der Waals surface area contributed by atoms with Crippen LogP contribution < -0.4 is 16.4 Å². The predicted molar refractivity (Wildman–Crippen MR) is 157 cm³/mol. The largest absolute Gasteiger partial charge is 0.461 e. The van der Waals surface area contributed by atoms with Crippen molar-refractivity contribution in [2.45, 2.75) is 76.7 Å². The average molecular weight is 587 g/mol. The van der Waals surface area contributed by atoms with E-state index in [1.807, 2.05) is 44.2 Å². The summed E-state index contributed by atoms with van der Waals surface area (Å²) in [5, 5.41) is 5.59. The maximum atomic E-state index is 13.8. The number of rotatable bonds is 12. The zero-order chi connectivity index (χ0) is 31.0. The molecule has 2 fully saturated rings. The van der Waals surface area contributed by atoms with Crippen molar-refractivity contribution < 1.29 is 28.7 Å². The molecule has 6 atom stereocenters. The molecule has 2 aliphatic rings. The highest BCUT2D eigenvalue weighted by Gasteiger charge is 2.42. The minimum absolute atomic E-state index is 0.0931. The number of likely N-dealkylation sites (N-methyl/N-ethyl adjacent to an activating group) is 2. The molecule has 232 valence electrons. The van der Waals surface area contributed by atoms with Crippen molar-refractivity contribution >= 4 is 29.6 Å². The smallest absolute Gasteiger partial charge is 0.328 e. The summed E-state index contributed by atoms with van der Waals surface area (Å²) < 4.78 is 5.62. The highest BCUT2D eigenvalue weighted by atomic mass is 16.5. The van der Waals surface area contributed by atoms with Crippen LogP contribution in [0.1, 0.15) is 45.6 Å². The molecule has 4 amide bonds. The van der Waals surface area contributed by atoms with Crippen LogP contribution in [0.25, 0.3) is 0 Å². The molecule has 4 N–H and O–H groups in total. The number of hydrogen-bond acceptors (Lipinski definition) is 8. The lowest BCUT2D eigenvalue weighted by molar-refractivity contribution is -0.157. The van der Waals surface area contributed by atoms with Crippen molar-refractivity contribution in [2.75, 3.05) is 40.3 Å². The van der Waals surface area contributed by atoms with Crippen LogP contribution in [-0.4, -0.2) is 115 Å². The van der Waals surface area contributed by atoms with E-state index < -0.39 is 54.6 Å². The third kappa shape index (κ3) is 8.07.